The van der Waals surface area contributed by atoms with Gasteiger partial charge in [-0.1, -0.05) is 12.1 Å². The van der Waals surface area contributed by atoms with Crippen LogP contribution < -0.4 is 5.32 Å². The van der Waals surface area contributed by atoms with E-state index in [-0.39, 0.29) is 5.75 Å². The largest absolute Gasteiger partial charge is 0.507 e. The van der Waals surface area contributed by atoms with Gasteiger partial charge in [0, 0.05) is 6.54 Å². The van der Waals surface area contributed by atoms with Crippen molar-refractivity contribution >= 4 is 15.9 Å². The summed E-state index contributed by atoms with van der Waals surface area (Å²) in [6, 6.07) is 5.04. The minimum atomic E-state index is -0.605. The molecule has 13 heavy (non-hydrogen) atoms. The first-order valence-electron chi connectivity index (χ1n) is 3.97. The van der Waals surface area contributed by atoms with Crippen LogP contribution >= 0.6 is 15.9 Å². The first-order valence-corrected chi connectivity index (χ1v) is 4.76. The number of hydrogen-bond acceptors (Lipinski definition) is 3. The summed E-state index contributed by atoms with van der Waals surface area (Å²) < 4.78 is 0.553. The molecule has 3 nitrogen and oxygen atoms in total. The van der Waals surface area contributed by atoms with Crippen LogP contribution in [0.1, 0.15) is 11.7 Å². The number of aliphatic hydroxyl groups is 1. The second-order valence-electron chi connectivity index (χ2n) is 2.75. The smallest absolute Gasteiger partial charge is 0.130 e. The minimum absolute atomic E-state index is 0.146. The first kappa shape index (κ1) is 10.5. The molecule has 1 rings (SSSR count). The fourth-order valence-electron chi connectivity index (χ4n) is 1.10. The molecule has 1 aromatic rings. The predicted octanol–water partition coefficient (Wildman–Crippen LogP) is 1.41. The normalized spacial score (nSPS) is 12.8. The monoisotopic (exact) mass is 245 g/mol. The van der Waals surface area contributed by atoms with E-state index >= 15 is 0 Å². The summed E-state index contributed by atoms with van der Waals surface area (Å²) in [6.07, 6.45) is -0.605. The van der Waals surface area contributed by atoms with Crippen LogP contribution in [-0.2, 0) is 0 Å². The third-order valence-electron chi connectivity index (χ3n) is 1.76. The van der Waals surface area contributed by atoms with Crippen molar-refractivity contribution < 1.29 is 10.2 Å². The van der Waals surface area contributed by atoms with Crippen molar-refractivity contribution in [3.05, 3.63) is 28.2 Å². The van der Waals surface area contributed by atoms with E-state index in [1.807, 2.05) is 0 Å². The lowest BCUT2D eigenvalue weighted by atomic mass is 10.1. The van der Waals surface area contributed by atoms with Crippen LogP contribution in [0.2, 0.25) is 0 Å². The Hall–Kier alpha value is -0.580. The Morgan fingerprint density at radius 3 is 2.85 bits per heavy atom. The fraction of sp³-hybridized carbons (Fsp3) is 0.333. The Bertz CT molecular complexity index is 291. The number of aromatic hydroxyl groups is 1. The highest BCUT2D eigenvalue weighted by Crippen LogP contribution is 2.30. The van der Waals surface area contributed by atoms with E-state index in [1.165, 1.54) is 0 Å². The van der Waals surface area contributed by atoms with Gasteiger partial charge >= 0.3 is 0 Å². The van der Waals surface area contributed by atoms with Gasteiger partial charge in [0.25, 0.3) is 0 Å². The molecule has 0 aromatic heterocycles. The molecular formula is C9H12BrNO2. The van der Waals surface area contributed by atoms with Crippen LogP contribution in [0.5, 0.6) is 5.75 Å². The second kappa shape index (κ2) is 4.60. The average molecular weight is 246 g/mol. The lowest BCUT2D eigenvalue weighted by Crippen LogP contribution is -2.16. The Morgan fingerprint density at radius 2 is 2.23 bits per heavy atom. The van der Waals surface area contributed by atoms with Crippen LogP contribution in [-0.4, -0.2) is 23.8 Å². The number of aliphatic hydroxyl groups excluding tert-OH is 1. The number of hydrogen-bond donors (Lipinski definition) is 3. The van der Waals surface area contributed by atoms with Crippen LogP contribution in [0.25, 0.3) is 0 Å². The van der Waals surface area contributed by atoms with Crippen molar-refractivity contribution in [1.29, 1.82) is 0 Å². The molecular weight excluding hydrogens is 234 g/mol. The predicted molar refractivity (Wildman–Crippen MR) is 54.7 cm³/mol. The van der Waals surface area contributed by atoms with E-state index in [0.29, 0.717) is 16.6 Å². The summed E-state index contributed by atoms with van der Waals surface area (Å²) in [6.45, 7) is 0.460. The van der Waals surface area contributed by atoms with Crippen molar-refractivity contribution in [2.24, 2.45) is 0 Å². The topological polar surface area (TPSA) is 52.5 Å². The molecule has 0 amide bonds. The highest BCUT2D eigenvalue weighted by atomic mass is 79.9. The van der Waals surface area contributed by atoms with E-state index in [1.54, 1.807) is 25.2 Å². The van der Waals surface area contributed by atoms with E-state index in [0.717, 1.165) is 0 Å². The molecule has 0 saturated heterocycles. The second-order valence-corrected chi connectivity index (χ2v) is 3.55. The lowest BCUT2D eigenvalue weighted by Gasteiger charge is -2.12. The van der Waals surface area contributed by atoms with Gasteiger partial charge in [-0.25, -0.2) is 0 Å². The SMILES string of the molecule is CNC[C@H](O)c1cccc(O)c1Br. The Kier molecular flexibility index (Phi) is 3.71. The van der Waals surface area contributed by atoms with E-state index in [4.69, 9.17) is 0 Å². The van der Waals surface area contributed by atoms with Gasteiger partial charge in [0.05, 0.1) is 10.6 Å². The van der Waals surface area contributed by atoms with Gasteiger partial charge in [-0.3, -0.25) is 0 Å². The maximum absolute atomic E-state index is 9.62. The van der Waals surface area contributed by atoms with Crippen molar-refractivity contribution in [2.75, 3.05) is 13.6 Å². The number of likely N-dealkylation sites (N-methyl/N-ethyl adjacent to an activating group) is 1. The average Bonchev–Trinajstić information content (AvgIpc) is 2.10. The first-order chi connectivity index (χ1) is 6.16. The molecule has 1 aromatic carbocycles. The third kappa shape index (κ3) is 2.43. The number of nitrogens with one attached hydrogen (secondary N) is 1. The molecule has 0 radical (unpaired) electrons. The van der Waals surface area contributed by atoms with Gasteiger partial charge in [0.2, 0.25) is 0 Å². The Morgan fingerprint density at radius 1 is 1.54 bits per heavy atom. The molecule has 72 valence electrons. The van der Waals surface area contributed by atoms with Gasteiger partial charge in [0.15, 0.2) is 0 Å². The molecule has 0 bridgehead atoms. The fourth-order valence-corrected chi connectivity index (χ4v) is 1.63. The Balaban J connectivity index is 2.93. The molecule has 0 heterocycles. The van der Waals surface area contributed by atoms with Crippen molar-refractivity contribution in [3.63, 3.8) is 0 Å². The van der Waals surface area contributed by atoms with Gasteiger partial charge < -0.3 is 15.5 Å². The summed E-state index contributed by atoms with van der Waals surface area (Å²) in [5.41, 5.74) is 0.689. The maximum Gasteiger partial charge on any atom is 0.130 e. The standard InChI is InChI=1S/C9H12BrNO2/c1-11-5-8(13)6-3-2-4-7(12)9(6)10/h2-4,8,11-13H,5H2,1H3/t8-/m0/s1. The molecule has 1 atom stereocenters. The summed E-state index contributed by atoms with van der Waals surface area (Å²) in [4.78, 5) is 0. The van der Waals surface area contributed by atoms with E-state index < -0.39 is 6.10 Å². The molecule has 0 unspecified atom stereocenters. The highest BCUT2D eigenvalue weighted by molar-refractivity contribution is 9.10. The molecule has 3 N–H and O–H groups in total. The zero-order chi connectivity index (χ0) is 9.84. The van der Waals surface area contributed by atoms with Gasteiger partial charge in [-0.2, -0.15) is 0 Å². The number of rotatable bonds is 3. The van der Waals surface area contributed by atoms with Crippen molar-refractivity contribution in [3.8, 4) is 5.75 Å². The van der Waals surface area contributed by atoms with Gasteiger partial charge in [-0.15, -0.1) is 0 Å². The molecule has 0 aliphatic carbocycles. The lowest BCUT2D eigenvalue weighted by molar-refractivity contribution is 0.176. The number of phenolic OH excluding ortho intramolecular Hbond substituents is 1. The molecule has 0 fully saturated rings. The summed E-state index contributed by atoms with van der Waals surface area (Å²) in [7, 11) is 1.76. The molecule has 0 aliphatic rings. The summed E-state index contributed by atoms with van der Waals surface area (Å²) in [5, 5.41) is 21.8. The van der Waals surface area contributed by atoms with Crippen LogP contribution in [0.15, 0.2) is 22.7 Å². The number of benzene rings is 1. The molecule has 0 saturated carbocycles. The molecule has 0 aliphatic heterocycles. The molecule has 4 heteroatoms. The maximum atomic E-state index is 9.62. The summed E-state index contributed by atoms with van der Waals surface area (Å²) in [5.74, 6) is 0.146. The van der Waals surface area contributed by atoms with Gasteiger partial charge in [-0.05, 0) is 34.6 Å². The summed E-state index contributed by atoms with van der Waals surface area (Å²) >= 11 is 3.21. The van der Waals surface area contributed by atoms with Crippen molar-refractivity contribution in [1.82, 2.24) is 5.32 Å². The van der Waals surface area contributed by atoms with Crippen molar-refractivity contribution in [2.45, 2.75) is 6.10 Å². The van der Waals surface area contributed by atoms with E-state index in [2.05, 4.69) is 21.2 Å². The molecule has 0 spiro atoms. The minimum Gasteiger partial charge on any atom is -0.507 e. The number of halogens is 1. The van der Waals surface area contributed by atoms with Crippen LogP contribution in [0.4, 0.5) is 0 Å². The quantitative estimate of drug-likeness (QED) is 0.755. The van der Waals surface area contributed by atoms with Crippen LogP contribution in [0, 0.1) is 0 Å². The van der Waals surface area contributed by atoms with E-state index in [9.17, 15) is 10.2 Å². The Labute approximate surface area is 85.5 Å². The van der Waals surface area contributed by atoms with Gasteiger partial charge in [0.1, 0.15) is 5.75 Å². The zero-order valence-corrected chi connectivity index (χ0v) is 8.87. The zero-order valence-electron chi connectivity index (χ0n) is 7.29. The third-order valence-corrected chi connectivity index (χ3v) is 2.63. The number of phenols is 1. The van der Waals surface area contributed by atoms with Crippen LogP contribution in [0.3, 0.4) is 0 Å². The highest BCUT2D eigenvalue weighted by Gasteiger charge is 2.12.